The van der Waals surface area contributed by atoms with Crippen LogP contribution in [-0.4, -0.2) is 25.1 Å². The van der Waals surface area contributed by atoms with E-state index >= 15 is 0 Å². The number of ether oxygens (including phenoxy) is 2. The van der Waals surface area contributed by atoms with Gasteiger partial charge in [0.2, 0.25) is 0 Å². The lowest BCUT2D eigenvalue weighted by Gasteiger charge is -2.13. The molecule has 10 heteroatoms. The number of hydrogen-bond donors (Lipinski definition) is 2. The summed E-state index contributed by atoms with van der Waals surface area (Å²) in [5, 5.41) is -0.328. The third-order valence-corrected chi connectivity index (χ3v) is 5.02. The number of methoxy groups -OCH3 is 2. The molecule has 0 saturated heterocycles. The Kier molecular flexibility index (Phi) is 4.60. The van der Waals surface area contributed by atoms with Crippen LogP contribution in [0.4, 0.5) is 18.9 Å². The number of halogens is 3. The van der Waals surface area contributed by atoms with Gasteiger partial charge >= 0.3 is 6.18 Å². The lowest BCUT2D eigenvalue weighted by molar-refractivity contribution is -0.136. The average Bonchev–Trinajstić information content (AvgIpc) is 2.96. The van der Waals surface area contributed by atoms with Gasteiger partial charge in [-0.2, -0.15) is 13.2 Å². The number of aromatic nitrogens is 1. The van der Waals surface area contributed by atoms with E-state index in [1.807, 2.05) is 0 Å². The summed E-state index contributed by atoms with van der Waals surface area (Å²) in [5.74, 6) is -0.139. The molecule has 0 spiro atoms. The average molecular weight is 397 g/mol. The molecule has 6 nitrogen and oxygen atoms in total. The maximum atomic E-state index is 13.6. The van der Waals surface area contributed by atoms with Crippen LogP contribution in [0, 0.1) is 0 Å². The predicted molar refractivity (Wildman–Crippen MR) is 96.1 cm³/mol. The van der Waals surface area contributed by atoms with Crippen molar-refractivity contribution < 1.29 is 27.4 Å². The van der Waals surface area contributed by atoms with Gasteiger partial charge in [0.05, 0.1) is 31.2 Å². The van der Waals surface area contributed by atoms with Gasteiger partial charge in [0.25, 0.3) is 5.91 Å². The molecule has 27 heavy (non-hydrogen) atoms. The minimum absolute atomic E-state index is 0.0269. The van der Waals surface area contributed by atoms with E-state index in [0.717, 1.165) is 17.4 Å². The lowest BCUT2D eigenvalue weighted by Crippen LogP contribution is -2.11. The predicted octanol–water partition coefficient (Wildman–Crippen LogP) is 3.68. The van der Waals surface area contributed by atoms with Gasteiger partial charge in [0, 0.05) is 10.9 Å². The highest BCUT2D eigenvalue weighted by molar-refractivity contribution is 7.21. The molecule has 0 fully saturated rings. The number of alkyl halides is 3. The molecule has 1 amide bonds. The summed E-state index contributed by atoms with van der Waals surface area (Å²) >= 11 is 0.722. The van der Waals surface area contributed by atoms with Gasteiger partial charge in [-0.15, -0.1) is 11.3 Å². The first kappa shape index (κ1) is 18.8. The van der Waals surface area contributed by atoms with E-state index in [1.54, 1.807) is 12.1 Å². The van der Waals surface area contributed by atoms with Crippen molar-refractivity contribution in [2.75, 3.05) is 20.0 Å². The second-order valence-electron chi connectivity index (χ2n) is 5.51. The molecule has 1 aromatic carbocycles. The summed E-state index contributed by atoms with van der Waals surface area (Å²) in [6.07, 6.45) is -4.70. The highest BCUT2D eigenvalue weighted by Gasteiger charge is 2.36. The number of thiophene rings is 1. The number of nitrogens with two attached hydrogens (primary N) is 2. The number of nitrogens with zero attached hydrogens (tertiary/aromatic N) is 1. The van der Waals surface area contributed by atoms with Crippen molar-refractivity contribution in [3.05, 3.63) is 34.7 Å². The second kappa shape index (κ2) is 6.62. The summed E-state index contributed by atoms with van der Waals surface area (Å²) in [5.41, 5.74) is 10.1. The zero-order valence-electron chi connectivity index (χ0n) is 14.2. The maximum absolute atomic E-state index is 13.6. The molecule has 0 radical (unpaired) electrons. The van der Waals surface area contributed by atoms with Crippen LogP contribution in [0.5, 0.6) is 11.5 Å². The fourth-order valence-electron chi connectivity index (χ4n) is 2.67. The molecule has 142 valence electrons. The van der Waals surface area contributed by atoms with Gasteiger partial charge in [-0.25, -0.2) is 4.98 Å². The number of nitrogen functional groups attached to an aromatic ring is 1. The highest BCUT2D eigenvalue weighted by atomic mass is 32.1. The second-order valence-corrected chi connectivity index (χ2v) is 6.51. The van der Waals surface area contributed by atoms with Crippen molar-refractivity contribution in [2.24, 2.45) is 5.73 Å². The van der Waals surface area contributed by atoms with Crippen molar-refractivity contribution in [3.63, 3.8) is 0 Å². The molecule has 4 N–H and O–H groups in total. The zero-order chi connectivity index (χ0) is 19.9. The van der Waals surface area contributed by atoms with Crippen LogP contribution in [0.15, 0.2) is 24.3 Å². The molecule has 0 bridgehead atoms. The molecule has 0 aliphatic rings. The van der Waals surface area contributed by atoms with E-state index in [4.69, 9.17) is 20.9 Å². The topological polar surface area (TPSA) is 100 Å². The molecule has 0 aliphatic heterocycles. The largest absolute Gasteiger partial charge is 0.493 e. The Bertz CT molecular complexity index is 1050. The Morgan fingerprint density at radius 3 is 2.37 bits per heavy atom. The number of benzene rings is 1. The molecule has 3 rings (SSSR count). The molecule has 0 atom stereocenters. The molecule has 2 heterocycles. The van der Waals surface area contributed by atoms with E-state index < -0.39 is 17.6 Å². The number of amides is 1. The normalized spacial score (nSPS) is 11.6. The first-order chi connectivity index (χ1) is 12.7. The van der Waals surface area contributed by atoms with Crippen LogP contribution in [0.2, 0.25) is 0 Å². The minimum atomic E-state index is -4.70. The number of pyridine rings is 1. The van der Waals surface area contributed by atoms with Crippen LogP contribution < -0.4 is 20.9 Å². The summed E-state index contributed by atoms with van der Waals surface area (Å²) < 4.78 is 51.2. The Labute approximate surface area is 155 Å². The number of carbonyl (C=O) groups excluding carboxylic acids is 1. The SMILES string of the molecule is COc1ccc(-c2cc(C(F)(F)F)c3c(N)c(C(N)=O)sc3n2)cc1OC. The Hall–Kier alpha value is -3.01. The molecule has 0 unspecified atom stereocenters. The molecular weight excluding hydrogens is 383 g/mol. The van der Waals surface area contributed by atoms with Crippen LogP contribution in [-0.2, 0) is 6.18 Å². The Morgan fingerprint density at radius 2 is 1.81 bits per heavy atom. The minimum Gasteiger partial charge on any atom is -0.493 e. The number of carbonyl (C=O) groups is 1. The molecular formula is C17H14F3N3O3S. The van der Waals surface area contributed by atoms with E-state index in [1.165, 1.54) is 20.3 Å². The molecule has 3 aromatic rings. The first-order valence-electron chi connectivity index (χ1n) is 7.49. The third-order valence-electron chi connectivity index (χ3n) is 3.91. The standard InChI is InChI=1S/C17H14F3N3O3S/c1-25-10-4-3-7(5-11(10)26-2)9-6-8(17(18,19)20)12-13(21)14(15(22)24)27-16(12)23-9/h3-6H,21H2,1-2H3,(H2,22,24). The summed E-state index contributed by atoms with van der Waals surface area (Å²) in [6, 6.07) is 5.52. The fraction of sp³-hybridized carbons (Fsp3) is 0.176. The van der Waals surface area contributed by atoms with Gasteiger partial charge in [0.1, 0.15) is 9.71 Å². The van der Waals surface area contributed by atoms with Crippen LogP contribution in [0.1, 0.15) is 15.2 Å². The van der Waals surface area contributed by atoms with Crippen molar-refractivity contribution in [1.82, 2.24) is 4.98 Å². The number of rotatable bonds is 4. The van der Waals surface area contributed by atoms with Crippen LogP contribution in [0.25, 0.3) is 21.5 Å². The number of hydrogen-bond acceptors (Lipinski definition) is 6. The van der Waals surface area contributed by atoms with Gasteiger partial charge in [-0.3, -0.25) is 4.79 Å². The molecule has 0 aliphatic carbocycles. The third kappa shape index (κ3) is 3.23. The first-order valence-corrected chi connectivity index (χ1v) is 8.31. The van der Waals surface area contributed by atoms with Crippen LogP contribution >= 0.6 is 11.3 Å². The van der Waals surface area contributed by atoms with Crippen molar-refractivity contribution >= 4 is 33.1 Å². The van der Waals surface area contributed by atoms with E-state index in [2.05, 4.69) is 4.98 Å². The van der Waals surface area contributed by atoms with E-state index in [9.17, 15) is 18.0 Å². The van der Waals surface area contributed by atoms with Gasteiger partial charge in [-0.1, -0.05) is 0 Å². The summed E-state index contributed by atoms with van der Waals surface area (Å²) in [4.78, 5) is 15.5. The van der Waals surface area contributed by atoms with Gasteiger partial charge < -0.3 is 20.9 Å². The highest BCUT2D eigenvalue weighted by Crippen LogP contribution is 2.44. The summed E-state index contributed by atoms with van der Waals surface area (Å²) in [6.45, 7) is 0. The number of anilines is 1. The monoisotopic (exact) mass is 397 g/mol. The zero-order valence-corrected chi connectivity index (χ0v) is 15.0. The van der Waals surface area contributed by atoms with Gasteiger partial charge in [0.15, 0.2) is 11.5 Å². The van der Waals surface area contributed by atoms with Crippen molar-refractivity contribution in [1.29, 1.82) is 0 Å². The fourth-order valence-corrected chi connectivity index (χ4v) is 3.64. The molecule has 2 aromatic heterocycles. The smallest absolute Gasteiger partial charge is 0.417 e. The van der Waals surface area contributed by atoms with Crippen molar-refractivity contribution in [3.8, 4) is 22.8 Å². The Morgan fingerprint density at radius 1 is 1.15 bits per heavy atom. The van der Waals surface area contributed by atoms with E-state index in [-0.39, 0.29) is 26.5 Å². The quantitative estimate of drug-likeness (QED) is 0.699. The van der Waals surface area contributed by atoms with Crippen molar-refractivity contribution in [2.45, 2.75) is 6.18 Å². The van der Waals surface area contributed by atoms with Gasteiger partial charge in [-0.05, 0) is 24.3 Å². The van der Waals surface area contributed by atoms with Crippen LogP contribution in [0.3, 0.4) is 0 Å². The number of primary amides is 1. The Balaban J connectivity index is 2.31. The van der Waals surface area contributed by atoms with E-state index in [0.29, 0.717) is 17.1 Å². The lowest BCUT2D eigenvalue weighted by atomic mass is 10.0. The maximum Gasteiger partial charge on any atom is 0.417 e. The molecule has 0 saturated carbocycles. The summed E-state index contributed by atoms with van der Waals surface area (Å²) in [7, 11) is 2.86. The number of fused-ring (bicyclic) bond motifs is 1.